The Morgan fingerprint density at radius 3 is 2.63 bits per heavy atom. The summed E-state index contributed by atoms with van der Waals surface area (Å²) in [5, 5.41) is 8.47. The lowest BCUT2D eigenvalue weighted by atomic mass is 10.2. The van der Waals surface area contributed by atoms with Crippen molar-refractivity contribution in [1.82, 2.24) is 4.72 Å². The van der Waals surface area contributed by atoms with Crippen molar-refractivity contribution in [1.29, 1.82) is 0 Å². The van der Waals surface area contributed by atoms with Gasteiger partial charge in [0.05, 0.1) is 4.90 Å². The summed E-state index contributed by atoms with van der Waals surface area (Å²) in [6.07, 6.45) is 0.998. The number of unbranched alkanes of at least 4 members (excludes halogenated alkanes) is 1. The first kappa shape index (κ1) is 16.1. The molecular weight excluding hydrogens is 334 g/mol. The zero-order chi connectivity index (χ0) is 14.5. The van der Waals surface area contributed by atoms with Crippen LogP contribution in [0.5, 0.6) is 0 Å². The number of aliphatic carboxylic acids is 1. The number of benzene rings is 1. The number of nitrogens with one attached hydrogen (secondary N) is 1. The van der Waals surface area contributed by atoms with Gasteiger partial charge in [0.15, 0.2) is 0 Å². The van der Waals surface area contributed by atoms with Gasteiger partial charge in [-0.1, -0.05) is 6.07 Å². The summed E-state index contributed by atoms with van der Waals surface area (Å²) in [7, 11) is -3.55. The van der Waals surface area contributed by atoms with Crippen LogP contribution >= 0.6 is 15.9 Å². The molecule has 0 bridgehead atoms. The molecule has 0 heterocycles. The highest BCUT2D eigenvalue weighted by molar-refractivity contribution is 9.10. The molecule has 0 radical (unpaired) electrons. The molecule has 19 heavy (non-hydrogen) atoms. The SMILES string of the molecule is Cc1ccc(S(=O)(=O)NCCCCC(=O)O)c(Br)c1. The van der Waals surface area contributed by atoms with Crippen molar-refractivity contribution in [3.8, 4) is 0 Å². The quantitative estimate of drug-likeness (QED) is 0.739. The van der Waals surface area contributed by atoms with E-state index in [2.05, 4.69) is 20.7 Å². The van der Waals surface area contributed by atoms with Gasteiger partial charge in [-0.3, -0.25) is 4.79 Å². The molecular formula is C12H16BrNO4S. The van der Waals surface area contributed by atoms with Crippen LogP contribution in [0, 0.1) is 6.92 Å². The van der Waals surface area contributed by atoms with Crippen LogP contribution in [0.1, 0.15) is 24.8 Å². The molecule has 1 rings (SSSR count). The zero-order valence-electron chi connectivity index (χ0n) is 10.5. The molecule has 0 fully saturated rings. The van der Waals surface area contributed by atoms with E-state index in [4.69, 9.17) is 5.11 Å². The van der Waals surface area contributed by atoms with E-state index in [9.17, 15) is 13.2 Å². The van der Waals surface area contributed by atoms with Gasteiger partial charge in [-0.25, -0.2) is 13.1 Å². The number of rotatable bonds is 7. The van der Waals surface area contributed by atoms with Crippen LogP contribution < -0.4 is 4.72 Å². The molecule has 0 aliphatic carbocycles. The molecule has 0 unspecified atom stereocenters. The lowest BCUT2D eigenvalue weighted by Crippen LogP contribution is -2.25. The second-order valence-corrected chi connectivity index (χ2v) is 6.77. The van der Waals surface area contributed by atoms with Crippen LogP contribution in [0.2, 0.25) is 0 Å². The molecule has 0 aliphatic heterocycles. The van der Waals surface area contributed by atoms with Gasteiger partial charge in [-0.15, -0.1) is 0 Å². The Morgan fingerprint density at radius 1 is 1.37 bits per heavy atom. The van der Waals surface area contributed by atoms with Gasteiger partial charge < -0.3 is 5.11 Å². The summed E-state index contributed by atoms with van der Waals surface area (Å²) in [4.78, 5) is 10.5. The standard InChI is InChI=1S/C12H16BrNO4S/c1-9-5-6-11(10(13)8-9)19(17,18)14-7-3-2-4-12(15)16/h5-6,8,14H,2-4,7H2,1H3,(H,15,16). The Balaban J connectivity index is 2.59. The molecule has 1 aromatic rings. The van der Waals surface area contributed by atoms with E-state index in [1.807, 2.05) is 6.92 Å². The summed E-state index contributed by atoms with van der Waals surface area (Å²) in [5.74, 6) is -0.871. The number of halogens is 1. The first-order valence-electron chi connectivity index (χ1n) is 5.80. The fourth-order valence-corrected chi connectivity index (χ4v) is 3.77. The fraction of sp³-hybridized carbons (Fsp3) is 0.417. The Kier molecular flexibility index (Phi) is 5.96. The molecule has 0 amide bonds. The minimum Gasteiger partial charge on any atom is -0.481 e. The van der Waals surface area contributed by atoms with Crippen LogP contribution in [-0.4, -0.2) is 26.0 Å². The van der Waals surface area contributed by atoms with Crippen molar-refractivity contribution in [2.45, 2.75) is 31.1 Å². The summed E-state index contributed by atoms with van der Waals surface area (Å²) in [5.41, 5.74) is 0.965. The van der Waals surface area contributed by atoms with Gasteiger partial charge in [0, 0.05) is 17.4 Å². The van der Waals surface area contributed by atoms with Gasteiger partial charge in [-0.2, -0.15) is 0 Å². The zero-order valence-corrected chi connectivity index (χ0v) is 12.9. The minimum absolute atomic E-state index is 0.0515. The van der Waals surface area contributed by atoms with Gasteiger partial charge in [-0.05, 0) is 53.4 Å². The second kappa shape index (κ2) is 7.02. The molecule has 5 nitrogen and oxygen atoms in total. The van der Waals surface area contributed by atoms with Crippen LogP contribution in [0.3, 0.4) is 0 Å². The Bertz CT molecular complexity index is 557. The lowest BCUT2D eigenvalue weighted by Gasteiger charge is -2.08. The van der Waals surface area contributed by atoms with Crippen molar-refractivity contribution in [3.63, 3.8) is 0 Å². The van der Waals surface area contributed by atoms with E-state index >= 15 is 0 Å². The maximum Gasteiger partial charge on any atom is 0.303 e. The van der Waals surface area contributed by atoms with Crippen molar-refractivity contribution < 1.29 is 18.3 Å². The first-order chi connectivity index (χ1) is 8.83. The van der Waals surface area contributed by atoms with Crippen LogP contribution in [0.4, 0.5) is 0 Å². The highest BCUT2D eigenvalue weighted by Gasteiger charge is 2.16. The average Bonchev–Trinajstić information content (AvgIpc) is 2.27. The maximum absolute atomic E-state index is 12.0. The topological polar surface area (TPSA) is 83.5 Å². The van der Waals surface area contributed by atoms with Gasteiger partial charge >= 0.3 is 5.97 Å². The summed E-state index contributed by atoms with van der Waals surface area (Å²) >= 11 is 3.23. The number of carbonyl (C=O) groups is 1. The second-order valence-electron chi connectivity index (χ2n) is 4.18. The molecule has 0 saturated carbocycles. The van der Waals surface area contributed by atoms with Crippen LogP contribution in [0.25, 0.3) is 0 Å². The maximum atomic E-state index is 12.0. The van der Waals surface area contributed by atoms with E-state index in [0.29, 0.717) is 17.3 Å². The number of hydrogen-bond acceptors (Lipinski definition) is 3. The van der Waals surface area contributed by atoms with E-state index in [1.54, 1.807) is 18.2 Å². The van der Waals surface area contributed by atoms with E-state index in [-0.39, 0.29) is 17.9 Å². The normalized spacial score (nSPS) is 11.5. The van der Waals surface area contributed by atoms with Crippen molar-refractivity contribution in [2.24, 2.45) is 0 Å². The van der Waals surface area contributed by atoms with Gasteiger partial charge in [0.1, 0.15) is 0 Å². The van der Waals surface area contributed by atoms with Crippen molar-refractivity contribution >= 4 is 31.9 Å². The Hall–Kier alpha value is -0.920. The third-order valence-electron chi connectivity index (χ3n) is 2.49. The molecule has 0 aromatic heterocycles. The van der Waals surface area contributed by atoms with Crippen molar-refractivity contribution in [3.05, 3.63) is 28.2 Å². The van der Waals surface area contributed by atoms with Gasteiger partial charge in [0.25, 0.3) is 0 Å². The number of sulfonamides is 1. The van der Waals surface area contributed by atoms with E-state index < -0.39 is 16.0 Å². The van der Waals surface area contributed by atoms with E-state index in [1.165, 1.54) is 0 Å². The smallest absolute Gasteiger partial charge is 0.303 e. The summed E-state index contributed by atoms with van der Waals surface area (Å²) < 4.78 is 27.0. The number of carboxylic acids is 1. The largest absolute Gasteiger partial charge is 0.481 e. The lowest BCUT2D eigenvalue weighted by molar-refractivity contribution is -0.137. The average molecular weight is 350 g/mol. The number of aryl methyl sites for hydroxylation is 1. The Morgan fingerprint density at radius 2 is 2.05 bits per heavy atom. The number of hydrogen-bond donors (Lipinski definition) is 2. The molecule has 0 atom stereocenters. The van der Waals surface area contributed by atoms with Gasteiger partial charge in [0.2, 0.25) is 10.0 Å². The van der Waals surface area contributed by atoms with E-state index in [0.717, 1.165) is 5.56 Å². The highest BCUT2D eigenvalue weighted by atomic mass is 79.9. The fourth-order valence-electron chi connectivity index (χ4n) is 1.51. The molecule has 106 valence electrons. The third kappa shape index (κ3) is 5.30. The summed E-state index contributed by atoms with van der Waals surface area (Å²) in [6.45, 7) is 2.11. The Labute approximate surface area is 121 Å². The highest BCUT2D eigenvalue weighted by Crippen LogP contribution is 2.22. The molecule has 0 aliphatic rings. The van der Waals surface area contributed by atoms with Crippen LogP contribution in [-0.2, 0) is 14.8 Å². The number of carboxylic acid groups (broad SMARTS) is 1. The predicted molar refractivity (Wildman–Crippen MR) is 75.6 cm³/mol. The monoisotopic (exact) mass is 349 g/mol. The molecule has 7 heteroatoms. The first-order valence-corrected chi connectivity index (χ1v) is 8.08. The molecule has 0 saturated heterocycles. The molecule has 1 aromatic carbocycles. The van der Waals surface area contributed by atoms with Crippen LogP contribution in [0.15, 0.2) is 27.6 Å². The third-order valence-corrected chi connectivity index (χ3v) is 4.92. The molecule has 2 N–H and O–H groups in total. The summed E-state index contributed by atoms with van der Waals surface area (Å²) in [6, 6.07) is 5.00. The molecule has 0 spiro atoms. The van der Waals surface area contributed by atoms with Crippen molar-refractivity contribution in [2.75, 3.05) is 6.54 Å². The minimum atomic E-state index is -3.55. The predicted octanol–water partition coefficient (Wildman–Crippen LogP) is 2.29.